The van der Waals surface area contributed by atoms with Crippen molar-refractivity contribution in [2.24, 2.45) is 5.84 Å². The van der Waals surface area contributed by atoms with E-state index < -0.39 is 0 Å². The standard InChI is InChI=1S/C14H12Br2N2O2/c1-20-10-7-5-9(6-8-10)14(19)18(17)13-11(15)3-2-4-12(13)16/h2-8H,17H2,1H3. The molecule has 0 atom stereocenters. The molecule has 104 valence electrons. The second-order valence-corrected chi connectivity index (χ2v) is 5.68. The molecular formula is C14H12Br2N2O2. The lowest BCUT2D eigenvalue weighted by atomic mass is 10.2. The summed E-state index contributed by atoms with van der Waals surface area (Å²) in [6.45, 7) is 0. The van der Waals surface area contributed by atoms with Crippen LogP contribution in [0.25, 0.3) is 0 Å². The van der Waals surface area contributed by atoms with Gasteiger partial charge in [0.05, 0.1) is 12.8 Å². The highest BCUT2D eigenvalue weighted by molar-refractivity contribution is 9.11. The van der Waals surface area contributed by atoms with Gasteiger partial charge < -0.3 is 4.74 Å². The first-order valence-corrected chi connectivity index (χ1v) is 7.30. The van der Waals surface area contributed by atoms with Crippen LogP contribution in [0.15, 0.2) is 51.4 Å². The summed E-state index contributed by atoms with van der Waals surface area (Å²) >= 11 is 6.77. The normalized spacial score (nSPS) is 10.2. The fraction of sp³-hybridized carbons (Fsp3) is 0.0714. The van der Waals surface area contributed by atoms with Gasteiger partial charge in [0.1, 0.15) is 5.75 Å². The maximum atomic E-state index is 12.4. The highest BCUT2D eigenvalue weighted by Crippen LogP contribution is 2.33. The van der Waals surface area contributed by atoms with Crippen molar-refractivity contribution >= 4 is 43.5 Å². The molecule has 6 heteroatoms. The molecule has 0 aliphatic heterocycles. The molecule has 0 radical (unpaired) electrons. The number of rotatable bonds is 3. The van der Waals surface area contributed by atoms with Crippen LogP contribution in [0.4, 0.5) is 5.69 Å². The van der Waals surface area contributed by atoms with Crippen LogP contribution in [0.1, 0.15) is 10.4 Å². The zero-order valence-corrected chi connectivity index (χ0v) is 13.8. The Morgan fingerprint density at radius 2 is 1.65 bits per heavy atom. The van der Waals surface area contributed by atoms with Gasteiger partial charge in [-0.25, -0.2) is 10.9 Å². The number of ether oxygens (including phenoxy) is 1. The van der Waals surface area contributed by atoms with Crippen molar-refractivity contribution in [2.75, 3.05) is 12.1 Å². The average Bonchev–Trinajstić information content (AvgIpc) is 2.46. The number of carbonyl (C=O) groups excluding carboxylic acids is 1. The Balaban J connectivity index is 2.32. The molecule has 2 aromatic rings. The predicted molar refractivity (Wildman–Crippen MR) is 85.8 cm³/mol. The van der Waals surface area contributed by atoms with Crippen molar-refractivity contribution in [3.05, 3.63) is 57.0 Å². The second kappa shape index (κ2) is 6.39. The van der Waals surface area contributed by atoms with Crippen LogP contribution in [0, 0.1) is 0 Å². The maximum absolute atomic E-state index is 12.4. The summed E-state index contributed by atoms with van der Waals surface area (Å²) in [7, 11) is 1.57. The average molecular weight is 400 g/mol. The molecule has 2 rings (SSSR count). The van der Waals surface area contributed by atoms with Crippen molar-refractivity contribution in [3.8, 4) is 5.75 Å². The summed E-state index contributed by atoms with van der Waals surface area (Å²) in [6, 6.07) is 12.3. The van der Waals surface area contributed by atoms with Gasteiger partial charge in [-0.15, -0.1) is 0 Å². The minimum atomic E-state index is -0.305. The molecule has 0 aliphatic rings. The van der Waals surface area contributed by atoms with Crippen LogP contribution in [-0.4, -0.2) is 13.0 Å². The zero-order valence-electron chi connectivity index (χ0n) is 10.6. The summed E-state index contributed by atoms with van der Waals surface area (Å²) in [5.41, 5.74) is 1.06. The Hall–Kier alpha value is -1.37. The largest absolute Gasteiger partial charge is 0.497 e. The Labute approximate surface area is 133 Å². The van der Waals surface area contributed by atoms with E-state index in [4.69, 9.17) is 10.6 Å². The molecule has 20 heavy (non-hydrogen) atoms. The van der Waals surface area contributed by atoms with Gasteiger partial charge in [-0.3, -0.25) is 4.79 Å². The monoisotopic (exact) mass is 398 g/mol. The van der Waals surface area contributed by atoms with E-state index in [1.165, 1.54) is 0 Å². The van der Waals surface area contributed by atoms with Crippen LogP contribution < -0.4 is 15.6 Å². The summed E-state index contributed by atoms with van der Waals surface area (Å²) in [5.74, 6) is 6.32. The number of halogens is 2. The number of para-hydroxylation sites is 1. The Morgan fingerprint density at radius 3 is 2.15 bits per heavy atom. The van der Waals surface area contributed by atoms with Gasteiger partial charge in [-0.2, -0.15) is 0 Å². The van der Waals surface area contributed by atoms with Crippen LogP contribution in [0.3, 0.4) is 0 Å². The molecule has 0 saturated heterocycles. The third-order valence-corrected chi connectivity index (χ3v) is 4.01. The number of methoxy groups -OCH3 is 1. The molecule has 0 aliphatic carbocycles. The van der Waals surface area contributed by atoms with E-state index in [9.17, 15) is 4.79 Å². The van der Waals surface area contributed by atoms with Gasteiger partial charge in [0.15, 0.2) is 0 Å². The van der Waals surface area contributed by atoms with Crippen LogP contribution in [-0.2, 0) is 0 Å². The maximum Gasteiger partial charge on any atom is 0.272 e. The van der Waals surface area contributed by atoms with E-state index >= 15 is 0 Å². The molecular weight excluding hydrogens is 388 g/mol. The van der Waals surface area contributed by atoms with Crippen molar-refractivity contribution in [2.45, 2.75) is 0 Å². The SMILES string of the molecule is COc1ccc(C(=O)N(N)c2c(Br)cccc2Br)cc1. The topological polar surface area (TPSA) is 55.6 Å². The number of amides is 1. The first-order valence-electron chi connectivity index (χ1n) is 5.72. The van der Waals surface area contributed by atoms with Crippen molar-refractivity contribution < 1.29 is 9.53 Å². The number of carbonyl (C=O) groups is 1. The summed E-state index contributed by atoms with van der Waals surface area (Å²) in [5, 5.41) is 1.11. The van der Waals surface area contributed by atoms with Gasteiger partial charge in [0, 0.05) is 14.5 Å². The number of nitrogens with zero attached hydrogens (tertiary/aromatic N) is 1. The lowest BCUT2D eigenvalue weighted by Gasteiger charge is -2.19. The highest BCUT2D eigenvalue weighted by Gasteiger charge is 2.19. The third kappa shape index (κ3) is 3.03. The van der Waals surface area contributed by atoms with E-state index in [0.29, 0.717) is 17.0 Å². The zero-order chi connectivity index (χ0) is 14.7. The van der Waals surface area contributed by atoms with Gasteiger partial charge in [-0.1, -0.05) is 6.07 Å². The molecule has 0 bridgehead atoms. The number of hydrazine groups is 1. The Morgan fingerprint density at radius 1 is 1.10 bits per heavy atom. The first-order chi connectivity index (χ1) is 9.54. The molecule has 0 unspecified atom stereocenters. The van der Waals surface area contributed by atoms with Crippen molar-refractivity contribution in [3.63, 3.8) is 0 Å². The number of hydrogen-bond acceptors (Lipinski definition) is 3. The number of benzene rings is 2. The lowest BCUT2D eigenvalue weighted by molar-refractivity contribution is 0.0986. The third-order valence-electron chi connectivity index (χ3n) is 2.73. The Kier molecular flexibility index (Phi) is 4.80. The summed E-state index contributed by atoms with van der Waals surface area (Å²) < 4.78 is 6.53. The van der Waals surface area contributed by atoms with E-state index in [0.717, 1.165) is 14.0 Å². The molecule has 2 N–H and O–H groups in total. The minimum Gasteiger partial charge on any atom is -0.497 e. The summed E-state index contributed by atoms with van der Waals surface area (Å²) in [6.07, 6.45) is 0. The molecule has 0 fully saturated rings. The van der Waals surface area contributed by atoms with Crippen molar-refractivity contribution in [1.29, 1.82) is 0 Å². The van der Waals surface area contributed by atoms with E-state index in [1.807, 2.05) is 18.2 Å². The van der Waals surface area contributed by atoms with E-state index in [-0.39, 0.29) is 5.91 Å². The van der Waals surface area contributed by atoms with Gasteiger partial charge in [-0.05, 0) is 68.3 Å². The number of hydrogen-bond donors (Lipinski definition) is 1. The quantitative estimate of drug-likeness (QED) is 0.486. The van der Waals surface area contributed by atoms with Crippen LogP contribution in [0.5, 0.6) is 5.75 Å². The predicted octanol–water partition coefficient (Wildman–Crippen LogP) is 3.74. The number of nitrogens with two attached hydrogens (primary N) is 1. The lowest BCUT2D eigenvalue weighted by Crippen LogP contribution is -2.38. The van der Waals surface area contributed by atoms with Crippen molar-refractivity contribution in [1.82, 2.24) is 0 Å². The van der Waals surface area contributed by atoms with Gasteiger partial charge >= 0.3 is 0 Å². The fourth-order valence-electron chi connectivity index (χ4n) is 1.69. The van der Waals surface area contributed by atoms with E-state index in [2.05, 4.69) is 31.9 Å². The van der Waals surface area contributed by atoms with E-state index in [1.54, 1.807) is 31.4 Å². The molecule has 0 aromatic heterocycles. The molecule has 1 amide bonds. The summed E-state index contributed by atoms with van der Waals surface area (Å²) in [4.78, 5) is 12.4. The molecule has 0 heterocycles. The second-order valence-electron chi connectivity index (χ2n) is 3.97. The minimum absolute atomic E-state index is 0.305. The molecule has 4 nitrogen and oxygen atoms in total. The van der Waals surface area contributed by atoms with Crippen LogP contribution in [0.2, 0.25) is 0 Å². The molecule has 0 saturated carbocycles. The molecule has 2 aromatic carbocycles. The molecule has 0 spiro atoms. The highest BCUT2D eigenvalue weighted by atomic mass is 79.9. The van der Waals surface area contributed by atoms with Crippen LogP contribution >= 0.6 is 31.9 Å². The number of anilines is 1. The Bertz CT molecular complexity index is 609. The fourth-order valence-corrected chi connectivity index (χ4v) is 3.07. The first kappa shape index (κ1) is 15.0. The van der Waals surface area contributed by atoms with Gasteiger partial charge in [0.25, 0.3) is 5.91 Å². The smallest absolute Gasteiger partial charge is 0.272 e. The van der Waals surface area contributed by atoms with Gasteiger partial charge in [0.2, 0.25) is 0 Å².